The van der Waals surface area contributed by atoms with E-state index in [2.05, 4.69) is 20.4 Å². The maximum Gasteiger partial charge on any atom is 0.259 e. The first-order chi connectivity index (χ1) is 11.8. The number of carbonyl (C=O) groups excluding carboxylic acids is 1. The van der Waals surface area contributed by atoms with Crippen molar-refractivity contribution < 1.29 is 4.79 Å². The van der Waals surface area contributed by atoms with E-state index >= 15 is 0 Å². The molecule has 0 atom stereocenters. The summed E-state index contributed by atoms with van der Waals surface area (Å²) in [5.74, 6) is 0.312. The SMILES string of the molecule is O=C(Nc1ccn(Cc2ccncc2)n1)c1cncc2ccsc12. The van der Waals surface area contributed by atoms with Gasteiger partial charge in [0.05, 0.1) is 16.8 Å². The third kappa shape index (κ3) is 2.89. The molecule has 118 valence electrons. The van der Waals surface area contributed by atoms with Crippen molar-refractivity contribution in [2.45, 2.75) is 6.54 Å². The molecule has 0 saturated heterocycles. The lowest BCUT2D eigenvalue weighted by Gasteiger charge is -2.04. The van der Waals surface area contributed by atoms with E-state index in [-0.39, 0.29) is 5.91 Å². The molecular weight excluding hydrogens is 322 g/mol. The normalized spacial score (nSPS) is 10.8. The Kier molecular flexibility index (Phi) is 3.76. The van der Waals surface area contributed by atoms with Gasteiger partial charge in [0.25, 0.3) is 5.91 Å². The first-order valence-electron chi connectivity index (χ1n) is 7.34. The third-order valence-corrected chi connectivity index (χ3v) is 4.54. The minimum atomic E-state index is -0.204. The van der Waals surface area contributed by atoms with Crippen LogP contribution in [-0.2, 0) is 6.54 Å². The number of hydrogen-bond donors (Lipinski definition) is 1. The maximum atomic E-state index is 12.5. The van der Waals surface area contributed by atoms with Gasteiger partial charge in [0, 0.05) is 42.4 Å². The van der Waals surface area contributed by atoms with Crippen molar-refractivity contribution in [3.63, 3.8) is 0 Å². The molecular formula is C17H13N5OS. The third-order valence-electron chi connectivity index (χ3n) is 3.58. The van der Waals surface area contributed by atoms with Gasteiger partial charge in [-0.2, -0.15) is 5.10 Å². The zero-order chi connectivity index (χ0) is 16.4. The zero-order valence-corrected chi connectivity index (χ0v) is 13.4. The van der Waals surface area contributed by atoms with Crippen molar-refractivity contribution in [2.75, 3.05) is 5.32 Å². The van der Waals surface area contributed by atoms with Crippen LogP contribution in [0.3, 0.4) is 0 Å². The molecule has 0 saturated carbocycles. The van der Waals surface area contributed by atoms with Gasteiger partial charge in [0.1, 0.15) is 0 Å². The number of amides is 1. The van der Waals surface area contributed by atoms with Crippen LogP contribution < -0.4 is 5.32 Å². The number of rotatable bonds is 4. The van der Waals surface area contributed by atoms with Gasteiger partial charge in [-0.1, -0.05) is 0 Å². The Labute approximate surface area is 141 Å². The highest BCUT2D eigenvalue weighted by molar-refractivity contribution is 7.17. The number of nitrogens with one attached hydrogen (secondary N) is 1. The molecule has 0 aliphatic carbocycles. The summed E-state index contributed by atoms with van der Waals surface area (Å²) in [5, 5.41) is 10.1. The zero-order valence-electron chi connectivity index (χ0n) is 12.6. The first-order valence-corrected chi connectivity index (χ1v) is 8.22. The highest BCUT2D eigenvalue weighted by Crippen LogP contribution is 2.24. The Bertz CT molecular complexity index is 992. The quantitative estimate of drug-likeness (QED) is 0.622. The second-order valence-electron chi connectivity index (χ2n) is 5.23. The summed E-state index contributed by atoms with van der Waals surface area (Å²) >= 11 is 1.53. The fourth-order valence-corrected chi connectivity index (χ4v) is 3.31. The maximum absolute atomic E-state index is 12.5. The fourth-order valence-electron chi connectivity index (χ4n) is 2.43. The van der Waals surface area contributed by atoms with Crippen molar-refractivity contribution in [3.05, 3.63) is 71.8 Å². The van der Waals surface area contributed by atoms with E-state index in [1.165, 1.54) is 11.3 Å². The summed E-state index contributed by atoms with van der Waals surface area (Å²) in [7, 11) is 0. The standard InChI is InChI=1S/C17H13N5OS/c23-17(14-10-19-9-13-4-8-24-16(13)14)20-15-3-7-22(21-15)11-12-1-5-18-6-2-12/h1-10H,11H2,(H,20,21,23). The van der Waals surface area contributed by atoms with Crippen LogP contribution in [0.25, 0.3) is 10.1 Å². The molecule has 0 fully saturated rings. The number of carbonyl (C=O) groups is 1. The van der Waals surface area contributed by atoms with E-state index < -0.39 is 0 Å². The predicted molar refractivity (Wildman–Crippen MR) is 93.1 cm³/mol. The molecule has 7 heteroatoms. The number of thiophene rings is 1. The van der Waals surface area contributed by atoms with Gasteiger partial charge in [0.2, 0.25) is 0 Å². The highest BCUT2D eigenvalue weighted by Gasteiger charge is 2.13. The van der Waals surface area contributed by atoms with Crippen molar-refractivity contribution in [1.29, 1.82) is 0 Å². The molecule has 1 N–H and O–H groups in total. The summed E-state index contributed by atoms with van der Waals surface area (Å²) < 4.78 is 2.70. The van der Waals surface area contributed by atoms with Crippen molar-refractivity contribution >= 4 is 33.1 Å². The van der Waals surface area contributed by atoms with E-state index in [0.717, 1.165) is 15.6 Å². The van der Waals surface area contributed by atoms with Crippen LogP contribution >= 0.6 is 11.3 Å². The van der Waals surface area contributed by atoms with Crippen LogP contribution in [0.1, 0.15) is 15.9 Å². The summed E-state index contributed by atoms with van der Waals surface area (Å²) in [4.78, 5) is 20.6. The lowest BCUT2D eigenvalue weighted by Crippen LogP contribution is -2.13. The van der Waals surface area contributed by atoms with Gasteiger partial charge in [-0.05, 0) is 29.1 Å². The fraction of sp³-hybridized carbons (Fsp3) is 0.0588. The lowest BCUT2D eigenvalue weighted by molar-refractivity contribution is 0.102. The van der Waals surface area contributed by atoms with Crippen LogP contribution in [0.15, 0.2) is 60.6 Å². The Morgan fingerprint density at radius 1 is 1.12 bits per heavy atom. The predicted octanol–water partition coefficient (Wildman–Crippen LogP) is 3.19. The van der Waals surface area contributed by atoms with Crippen molar-refractivity contribution in [3.8, 4) is 0 Å². The smallest absolute Gasteiger partial charge is 0.259 e. The summed E-state index contributed by atoms with van der Waals surface area (Å²) in [6.45, 7) is 0.625. The van der Waals surface area contributed by atoms with Gasteiger partial charge >= 0.3 is 0 Å². The second kappa shape index (κ2) is 6.21. The number of nitrogens with zero attached hydrogens (tertiary/aromatic N) is 4. The monoisotopic (exact) mass is 335 g/mol. The average molecular weight is 335 g/mol. The molecule has 4 aromatic heterocycles. The van der Waals surface area contributed by atoms with Crippen molar-refractivity contribution in [2.24, 2.45) is 0 Å². The van der Waals surface area contributed by atoms with E-state index in [1.807, 2.05) is 29.8 Å². The van der Waals surface area contributed by atoms with Crippen LogP contribution in [0, 0.1) is 0 Å². The number of hydrogen-bond acceptors (Lipinski definition) is 5. The molecule has 24 heavy (non-hydrogen) atoms. The largest absolute Gasteiger partial charge is 0.305 e. The van der Waals surface area contributed by atoms with E-state index in [4.69, 9.17) is 0 Å². The number of fused-ring (bicyclic) bond motifs is 1. The van der Waals surface area contributed by atoms with Crippen molar-refractivity contribution in [1.82, 2.24) is 19.7 Å². The molecule has 6 nitrogen and oxygen atoms in total. The summed E-state index contributed by atoms with van der Waals surface area (Å²) in [6, 6.07) is 7.60. The molecule has 4 heterocycles. The first kappa shape index (κ1) is 14.5. The minimum Gasteiger partial charge on any atom is -0.305 e. The molecule has 0 unspecified atom stereocenters. The number of aromatic nitrogens is 4. The average Bonchev–Trinajstić information content (AvgIpc) is 3.24. The van der Waals surface area contributed by atoms with Gasteiger partial charge in [0.15, 0.2) is 5.82 Å². The number of pyridine rings is 2. The van der Waals surface area contributed by atoms with Crippen LogP contribution in [0.4, 0.5) is 5.82 Å². The van der Waals surface area contributed by atoms with Gasteiger partial charge < -0.3 is 5.32 Å². The van der Waals surface area contributed by atoms with Crippen LogP contribution in [-0.4, -0.2) is 25.7 Å². The Balaban J connectivity index is 1.51. The molecule has 4 rings (SSSR count). The van der Waals surface area contributed by atoms with Gasteiger partial charge in [-0.15, -0.1) is 11.3 Å². The highest BCUT2D eigenvalue weighted by atomic mass is 32.1. The Hall–Kier alpha value is -3.06. The van der Waals surface area contributed by atoms with Crippen LogP contribution in [0.2, 0.25) is 0 Å². The molecule has 0 aromatic carbocycles. The van der Waals surface area contributed by atoms with E-state index in [9.17, 15) is 4.79 Å². The van der Waals surface area contributed by atoms with E-state index in [0.29, 0.717) is 17.9 Å². The molecule has 0 aliphatic heterocycles. The summed E-state index contributed by atoms with van der Waals surface area (Å²) in [5.41, 5.74) is 1.66. The van der Waals surface area contributed by atoms with E-state index in [1.54, 1.807) is 35.5 Å². The van der Waals surface area contributed by atoms with Crippen LogP contribution in [0.5, 0.6) is 0 Å². The number of anilines is 1. The summed E-state index contributed by atoms with van der Waals surface area (Å²) in [6.07, 6.45) is 8.67. The lowest BCUT2D eigenvalue weighted by atomic mass is 10.2. The molecule has 0 aliphatic rings. The molecule has 0 radical (unpaired) electrons. The van der Waals surface area contributed by atoms with Gasteiger partial charge in [-0.25, -0.2) is 0 Å². The van der Waals surface area contributed by atoms with Gasteiger partial charge in [-0.3, -0.25) is 19.4 Å². The Morgan fingerprint density at radius 2 is 2.00 bits per heavy atom. The minimum absolute atomic E-state index is 0.204. The topological polar surface area (TPSA) is 72.7 Å². The molecule has 0 bridgehead atoms. The molecule has 1 amide bonds. The molecule has 0 spiro atoms. The molecule has 4 aromatic rings. The Morgan fingerprint density at radius 3 is 2.88 bits per heavy atom. The second-order valence-corrected chi connectivity index (χ2v) is 6.15.